The molecule has 0 aliphatic carbocycles. The number of carboxylic acids is 1. The van der Waals surface area contributed by atoms with E-state index in [4.69, 9.17) is 4.74 Å². The smallest absolute Gasteiger partial charge is 0.544 e. The van der Waals surface area contributed by atoms with Gasteiger partial charge in [0.05, 0.1) is 0 Å². The number of ether oxygens (including phenoxy) is 1. The van der Waals surface area contributed by atoms with Crippen molar-refractivity contribution in [2.45, 2.75) is 38.7 Å². The maximum Gasteiger partial charge on any atom is 1.00 e. The summed E-state index contributed by atoms with van der Waals surface area (Å²) in [5, 5.41) is 11.9. The molecule has 0 aromatic carbocycles. The van der Waals surface area contributed by atoms with Crippen molar-refractivity contribution in [3.8, 4) is 0 Å². The third-order valence-electron chi connectivity index (χ3n) is 1.41. The number of halogens is 2. The van der Waals surface area contributed by atoms with Crippen molar-refractivity contribution in [2.75, 3.05) is 6.54 Å². The van der Waals surface area contributed by atoms with Crippen LogP contribution in [0.4, 0.5) is 13.6 Å². The van der Waals surface area contributed by atoms with Gasteiger partial charge in [-0.15, -0.1) is 0 Å². The van der Waals surface area contributed by atoms with Gasteiger partial charge in [-0.3, -0.25) is 0 Å². The molecule has 0 aromatic heterocycles. The third kappa shape index (κ3) is 8.95. The summed E-state index contributed by atoms with van der Waals surface area (Å²) in [6, 6.07) is 0. The minimum Gasteiger partial charge on any atom is -0.544 e. The van der Waals surface area contributed by atoms with E-state index < -0.39 is 36.6 Å². The van der Waals surface area contributed by atoms with Gasteiger partial charge in [-0.2, -0.15) is 8.78 Å². The summed E-state index contributed by atoms with van der Waals surface area (Å²) >= 11 is 0. The molecule has 0 saturated heterocycles. The molecule has 0 spiro atoms. The Bertz CT molecular complexity index is 279. The fraction of sp³-hybridized carbons (Fsp3) is 0.778. The first-order valence-electron chi connectivity index (χ1n) is 4.61. The number of carboxylic acid groups (broad SMARTS) is 1. The molecule has 0 aliphatic heterocycles. The van der Waals surface area contributed by atoms with Gasteiger partial charge in [0, 0.05) is 13.0 Å². The van der Waals surface area contributed by atoms with Gasteiger partial charge in [-0.25, -0.2) is 4.79 Å². The maximum absolute atomic E-state index is 12.5. The van der Waals surface area contributed by atoms with Crippen LogP contribution in [0.5, 0.6) is 0 Å². The van der Waals surface area contributed by atoms with Crippen LogP contribution in [0.15, 0.2) is 0 Å². The third-order valence-corrected chi connectivity index (χ3v) is 1.41. The summed E-state index contributed by atoms with van der Waals surface area (Å²) in [7, 11) is 0. The Morgan fingerprint density at radius 3 is 2.12 bits per heavy atom. The molecule has 8 heteroatoms. The minimum atomic E-state index is -3.95. The predicted octanol–water partition coefficient (Wildman–Crippen LogP) is -2.71. The van der Waals surface area contributed by atoms with Crippen molar-refractivity contribution in [2.24, 2.45) is 0 Å². The topological polar surface area (TPSA) is 78.5 Å². The van der Waals surface area contributed by atoms with E-state index >= 15 is 0 Å². The van der Waals surface area contributed by atoms with Crippen LogP contribution in [0.2, 0.25) is 0 Å². The van der Waals surface area contributed by atoms with Crippen LogP contribution >= 0.6 is 0 Å². The summed E-state index contributed by atoms with van der Waals surface area (Å²) in [5.41, 5.74) is -0.735. The Balaban J connectivity index is 0. The number of carbonyl (C=O) groups is 2. The van der Waals surface area contributed by atoms with Gasteiger partial charge >= 0.3 is 25.0 Å². The second-order valence-electron chi connectivity index (χ2n) is 4.17. The summed E-state index contributed by atoms with van der Waals surface area (Å²) in [5.74, 6) is -6.41. The van der Waals surface area contributed by atoms with Crippen LogP contribution in [0.25, 0.3) is 0 Å². The fourth-order valence-electron chi connectivity index (χ4n) is 0.738. The van der Waals surface area contributed by atoms with Crippen LogP contribution in [-0.2, 0) is 9.53 Å². The van der Waals surface area contributed by atoms with E-state index in [-0.39, 0.29) is 18.9 Å². The van der Waals surface area contributed by atoms with E-state index in [2.05, 4.69) is 0 Å². The standard InChI is InChI=1S/C9H15F2NO4.Li/c1-8(2,3)16-7(15)12-5-4-9(10,11)6(13)14;/h4-5H2,1-3H3,(H,12,15)(H,13,14);/q;+1/p-1. The van der Waals surface area contributed by atoms with Gasteiger partial charge in [-0.1, -0.05) is 0 Å². The van der Waals surface area contributed by atoms with Crippen molar-refractivity contribution in [1.82, 2.24) is 5.32 Å². The number of alkyl carbamates (subject to hydrolysis) is 1. The second kappa shape index (κ2) is 6.82. The van der Waals surface area contributed by atoms with Crippen molar-refractivity contribution in [3.63, 3.8) is 0 Å². The van der Waals surface area contributed by atoms with Crippen LogP contribution in [0, 0.1) is 0 Å². The molecule has 0 aromatic rings. The van der Waals surface area contributed by atoms with Crippen molar-refractivity contribution in [1.29, 1.82) is 0 Å². The van der Waals surface area contributed by atoms with Crippen molar-refractivity contribution < 1.29 is 47.1 Å². The monoisotopic (exact) mass is 245 g/mol. The number of amides is 1. The molecule has 0 unspecified atom stereocenters. The molecule has 5 nitrogen and oxygen atoms in total. The number of carbonyl (C=O) groups excluding carboxylic acids is 2. The van der Waals surface area contributed by atoms with E-state index in [0.717, 1.165) is 0 Å². The van der Waals surface area contributed by atoms with E-state index in [1.54, 1.807) is 20.8 Å². The molecular formula is C9H14F2LiNO4. The fourth-order valence-corrected chi connectivity index (χ4v) is 0.738. The summed E-state index contributed by atoms with van der Waals surface area (Å²) in [6.45, 7) is 4.34. The molecule has 0 bridgehead atoms. The van der Waals surface area contributed by atoms with E-state index in [1.807, 2.05) is 5.32 Å². The molecule has 17 heavy (non-hydrogen) atoms. The van der Waals surface area contributed by atoms with E-state index in [9.17, 15) is 23.5 Å². The zero-order valence-electron chi connectivity index (χ0n) is 10.3. The molecular weight excluding hydrogens is 231 g/mol. The van der Waals surface area contributed by atoms with Crippen LogP contribution in [0.1, 0.15) is 27.2 Å². The van der Waals surface area contributed by atoms with E-state index in [0.29, 0.717) is 0 Å². The summed E-state index contributed by atoms with van der Waals surface area (Å²) in [4.78, 5) is 20.9. The summed E-state index contributed by atoms with van der Waals surface area (Å²) in [6.07, 6.45) is -1.91. The Morgan fingerprint density at radius 1 is 1.29 bits per heavy atom. The number of alkyl halides is 2. The molecule has 0 rings (SSSR count). The molecule has 1 N–H and O–H groups in total. The molecule has 0 aliphatic rings. The molecule has 0 saturated carbocycles. The van der Waals surface area contributed by atoms with Crippen molar-refractivity contribution in [3.05, 3.63) is 0 Å². The Hall–Kier alpha value is -0.803. The number of hydrogen-bond donors (Lipinski definition) is 1. The largest absolute Gasteiger partial charge is 1.00 e. The molecule has 0 atom stereocenters. The zero-order valence-corrected chi connectivity index (χ0v) is 10.3. The van der Waals surface area contributed by atoms with Crippen LogP contribution in [0.3, 0.4) is 0 Å². The first kappa shape index (κ1) is 18.6. The normalized spacial score (nSPS) is 11.4. The molecule has 0 fully saturated rings. The van der Waals surface area contributed by atoms with Gasteiger partial charge in [0.15, 0.2) is 0 Å². The molecule has 0 radical (unpaired) electrons. The number of hydrogen-bond acceptors (Lipinski definition) is 4. The average Bonchev–Trinajstić information content (AvgIpc) is 1.99. The Morgan fingerprint density at radius 2 is 1.76 bits per heavy atom. The first-order valence-corrected chi connectivity index (χ1v) is 4.61. The van der Waals surface area contributed by atoms with Crippen LogP contribution in [-0.4, -0.2) is 30.1 Å². The van der Waals surface area contributed by atoms with Crippen LogP contribution < -0.4 is 29.3 Å². The molecule has 1 amide bonds. The second-order valence-corrected chi connectivity index (χ2v) is 4.17. The van der Waals surface area contributed by atoms with Gasteiger partial charge < -0.3 is 20.0 Å². The van der Waals surface area contributed by atoms with Gasteiger partial charge in [0.25, 0.3) is 5.92 Å². The maximum atomic E-state index is 12.5. The SMILES string of the molecule is CC(C)(C)OC(=O)NCCC(F)(F)C(=O)[O-].[Li+]. The summed E-state index contributed by atoms with van der Waals surface area (Å²) < 4.78 is 29.7. The van der Waals surface area contributed by atoms with Gasteiger partial charge in [0.1, 0.15) is 11.6 Å². The Labute approximate surface area is 110 Å². The number of aliphatic carboxylic acids is 1. The van der Waals surface area contributed by atoms with Gasteiger partial charge in [0.2, 0.25) is 0 Å². The van der Waals surface area contributed by atoms with Gasteiger partial charge in [-0.05, 0) is 20.8 Å². The zero-order chi connectivity index (χ0) is 13.0. The quantitative estimate of drug-likeness (QED) is 0.546. The Kier molecular flexibility index (Phi) is 7.44. The number of nitrogens with one attached hydrogen (secondary N) is 1. The number of rotatable bonds is 4. The first-order chi connectivity index (χ1) is 7.04. The molecule has 94 valence electrons. The molecule has 0 heterocycles. The average molecular weight is 245 g/mol. The minimum absolute atomic E-state index is 0. The van der Waals surface area contributed by atoms with E-state index in [1.165, 1.54) is 0 Å². The predicted molar refractivity (Wildman–Crippen MR) is 48.8 cm³/mol. The van der Waals surface area contributed by atoms with Crippen molar-refractivity contribution >= 4 is 12.1 Å².